The Hall–Kier alpha value is -1.35. The zero-order chi connectivity index (χ0) is 18.0. The predicted octanol–water partition coefficient (Wildman–Crippen LogP) is 4.51. The van der Waals surface area contributed by atoms with Crippen LogP contribution in [0, 0.1) is 0 Å². The fourth-order valence-electron chi connectivity index (χ4n) is 4.61. The van der Waals surface area contributed by atoms with E-state index in [1.165, 1.54) is 37.8 Å². The minimum atomic E-state index is 0.0903. The van der Waals surface area contributed by atoms with E-state index in [0.717, 1.165) is 18.4 Å². The third kappa shape index (κ3) is 4.25. The summed E-state index contributed by atoms with van der Waals surface area (Å²) in [6.07, 6.45) is 7.39. The number of carbonyl (C=O) groups is 1. The molecular formula is C22H34N2O. The first kappa shape index (κ1) is 18.4. The lowest BCUT2D eigenvalue weighted by molar-refractivity contribution is 0.0245. The third-order valence-corrected chi connectivity index (χ3v) is 5.96. The van der Waals surface area contributed by atoms with Crippen molar-refractivity contribution >= 4 is 5.91 Å². The van der Waals surface area contributed by atoms with E-state index in [9.17, 15) is 4.79 Å². The van der Waals surface area contributed by atoms with Crippen LogP contribution in [0.5, 0.6) is 0 Å². The number of nitrogens with one attached hydrogen (secondary N) is 1. The van der Waals surface area contributed by atoms with Crippen molar-refractivity contribution in [2.24, 2.45) is 0 Å². The third-order valence-electron chi connectivity index (χ3n) is 5.96. The number of rotatable bonds is 4. The maximum atomic E-state index is 12.7. The Labute approximate surface area is 153 Å². The summed E-state index contributed by atoms with van der Waals surface area (Å²) < 4.78 is 0. The SMILES string of the molecule is CCCN1[C@@H]2CCC[C@H]1CC(NC(=O)c1ccc(C(C)(C)C)cc1)C2. The number of hydrogen-bond acceptors (Lipinski definition) is 2. The lowest BCUT2D eigenvalue weighted by atomic mass is 9.81. The summed E-state index contributed by atoms with van der Waals surface area (Å²) >= 11 is 0. The molecule has 0 spiro atoms. The number of hydrogen-bond donors (Lipinski definition) is 1. The summed E-state index contributed by atoms with van der Waals surface area (Å²) in [6, 6.07) is 9.80. The molecule has 1 unspecified atom stereocenters. The molecule has 2 bridgehead atoms. The molecule has 1 N–H and O–H groups in total. The smallest absolute Gasteiger partial charge is 0.251 e. The van der Waals surface area contributed by atoms with E-state index in [1.807, 2.05) is 12.1 Å². The van der Waals surface area contributed by atoms with Crippen molar-refractivity contribution in [2.75, 3.05) is 6.54 Å². The highest BCUT2D eigenvalue weighted by Gasteiger charge is 2.38. The summed E-state index contributed by atoms with van der Waals surface area (Å²) in [5, 5.41) is 3.32. The van der Waals surface area contributed by atoms with Crippen LogP contribution in [0.3, 0.4) is 0 Å². The van der Waals surface area contributed by atoms with Crippen LogP contribution >= 0.6 is 0 Å². The standard InChI is InChI=1S/C22H34N2O/c1-5-13-24-19-7-6-8-20(24)15-18(14-19)23-21(25)16-9-11-17(12-10-16)22(2,3)4/h9-12,18-20H,5-8,13-15H2,1-4H3,(H,23,25)/t18?,19-,20+. The van der Waals surface area contributed by atoms with Gasteiger partial charge in [-0.3, -0.25) is 9.69 Å². The number of benzene rings is 1. The Morgan fingerprint density at radius 1 is 1.12 bits per heavy atom. The summed E-state index contributed by atoms with van der Waals surface area (Å²) in [7, 11) is 0. The molecule has 1 aromatic carbocycles. The van der Waals surface area contributed by atoms with Gasteiger partial charge < -0.3 is 5.32 Å². The quantitative estimate of drug-likeness (QED) is 0.873. The number of piperidine rings is 2. The molecule has 1 aromatic rings. The van der Waals surface area contributed by atoms with E-state index >= 15 is 0 Å². The molecule has 3 nitrogen and oxygen atoms in total. The van der Waals surface area contributed by atoms with Crippen molar-refractivity contribution in [3.8, 4) is 0 Å². The lowest BCUT2D eigenvalue weighted by Gasteiger charge is -2.49. The van der Waals surface area contributed by atoms with E-state index in [4.69, 9.17) is 0 Å². The number of nitrogens with zero attached hydrogens (tertiary/aromatic N) is 1. The van der Waals surface area contributed by atoms with Crippen LogP contribution in [0.2, 0.25) is 0 Å². The minimum absolute atomic E-state index is 0.0903. The van der Waals surface area contributed by atoms with Crippen LogP contribution in [0.25, 0.3) is 0 Å². The van der Waals surface area contributed by atoms with Crippen LogP contribution < -0.4 is 5.32 Å². The molecule has 3 atom stereocenters. The van der Waals surface area contributed by atoms with Gasteiger partial charge in [0, 0.05) is 23.7 Å². The molecular weight excluding hydrogens is 308 g/mol. The highest BCUT2D eigenvalue weighted by molar-refractivity contribution is 5.94. The predicted molar refractivity (Wildman–Crippen MR) is 104 cm³/mol. The Balaban J connectivity index is 1.62. The molecule has 138 valence electrons. The average molecular weight is 343 g/mol. The van der Waals surface area contributed by atoms with Gasteiger partial charge in [-0.25, -0.2) is 0 Å². The van der Waals surface area contributed by atoms with Gasteiger partial charge in [0.25, 0.3) is 5.91 Å². The first-order valence-corrected chi connectivity index (χ1v) is 10.1. The summed E-state index contributed by atoms with van der Waals surface area (Å²) in [5.41, 5.74) is 2.18. The van der Waals surface area contributed by atoms with Gasteiger partial charge in [0.1, 0.15) is 0 Å². The molecule has 0 aliphatic carbocycles. The van der Waals surface area contributed by atoms with E-state index in [0.29, 0.717) is 18.1 Å². The van der Waals surface area contributed by atoms with Gasteiger partial charge in [-0.1, -0.05) is 46.2 Å². The van der Waals surface area contributed by atoms with E-state index < -0.39 is 0 Å². The number of amides is 1. The maximum Gasteiger partial charge on any atom is 0.251 e. The van der Waals surface area contributed by atoms with Crippen LogP contribution in [0.1, 0.15) is 82.1 Å². The monoisotopic (exact) mass is 342 g/mol. The van der Waals surface area contributed by atoms with Crippen molar-refractivity contribution in [1.82, 2.24) is 10.2 Å². The second kappa shape index (κ2) is 7.49. The van der Waals surface area contributed by atoms with Gasteiger partial charge in [0.05, 0.1) is 0 Å². The van der Waals surface area contributed by atoms with Crippen molar-refractivity contribution in [1.29, 1.82) is 0 Å². The fraction of sp³-hybridized carbons (Fsp3) is 0.682. The second-order valence-corrected chi connectivity index (χ2v) is 8.95. The Kier molecular flexibility index (Phi) is 5.52. The van der Waals surface area contributed by atoms with Crippen LogP contribution in [0.4, 0.5) is 0 Å². The first-order chi connectivity index (χ1) is 11.9. The van der Waals surface area contributed by atoms with Crippen molar-refractivity contribution in [2.45, 2.75) is 89.8 Å². The van der Waals surface area contributed by atoms with Gasteiger partial charge in [-0.05, 0) is 61.8 Å². The van der Waals surface area contributed by atoms with Gasteiger partial charge in [-0.15, -0.1) is 0 Å². The molecule has 2 aliphatic heterocycles. The Morgan fingerprint density at radius 3 is 2.24 bits per heavy atom. The van der Waals surface area contributed by atoms with Gasteiger partial charge in [-0.2, -0.15) is 0 Å². The summed E-state index contributed by atoms with van der Waals surface area (Å²) in [5.74, 6) is 0.0903. The maximum absolute atomic E-state index is 12.7. The largest absolute Gasteiger partial charge is 0.349 e. The molecule has 0 aromatic heterocycles. The van der Waals surface area contributed by atoms with E-state index in [1.54, 1.807) is 0 Å². The normalized spacial score (nSPS) is 27.1. The van der Waals surface area contributed by atoms with E-state index in [-0.39, 0.29) is 11.3 Å². The molecule has 3 rings (SSSR count). The number of carbonyl (C=O) groups excluding carboxylic acids is 1. The van der Waals surface area contributed by atoms with Crippen LogP contribution in [0.15, 0.2) is 24.3 Å². The van der Waals surface area contributed by atoms with Crippen molar-refractivity contribution in [3.63, 3.8) is 0 Å². The van der Waals surface area contributed by atoms with Crippen LogP contribution in [-0.2, 0) is 5.41 Å². The highest BCUT2D eigenvalue weighted by Crippen LogP contribution is 2.34. The Bertz CT molecular complexity index is 573. The first-order valence-electron chi connectivity index (χ1n) is 10.1. The molecule has 25 heavy (non-hydrogen) atoms. The molecule has 2 fully saturated rings. The molecule has 0 saturated carbocycles. The summed E-state index contributed by atoms with van der Waals surface area (Å²) in [6.45, 7) is 10.1. The minimum Gasteiger partial charge on any atom is -0.349 e. The van der Waals surface area contributed by atoms with Gasteiger partial charge in [0.15, 0.2) is 0 Å². The number of fused-ring (bicyclic) bond motifs is 2. The molecule has 2 aliphatic rings. The highest BCUT2D eigenvalue weighted by atomic mass is 16.1. The lowest BCUT2D eigenvalue weighted by Crippen LogP contribution is -2.57. The van der Waals surface area contributed by atoms with Crippen molar-refractivity contribution in [3.05, 3.63) is 35.4 Å². The molecule has 2 saturated heterocycles. The average Bonchev–Trinajstić information content (AvgIpc) is 2.55. The molecule has 1 amide bonds. The fourth-order valence-corrected chi connectivity index (χ4v) is 4.61. The van der Waals surface area contributed by atoms with Crippen LogP contribution in [-0.4, -0.2) is 35.5 Å². The molecule has 3 heteroatoms. The molecule has 0 radical (unpaired) electrons. The topological polar surface area (TPSA) is 32.3 Å². The zero-order valence-corrected chi connectivity index (χ0v) is 16.3. The molecule has 2 heterocycles. The van der Waals surface area contributed by atoms with Crippen molar-refractivity contribution < 1.29 is 4.79 Å². The Morgan fingerprint density at radius 2 is 1.72 bits per heavy atom. The van der Waals surface area contributed by atoms with Gasteiger partial charge >= 0.3 is 0 Å². The zero-order valence-electron chi connectivity index (χ0n) is 16.3. The summed E-state index contributed by atoms with van der Waals surface area (Å²) in [4.78, 5) is 15.4. The van der Waals surface area contributed by atoms with E-state index in [2.05, 4.69) is 50.0 Å². The second-order valence-electron chi connectivity index (χ2n) is 8.95. The van der Waals surface area contributed by atoms with Gasteiger partial charge in [0.2, 0.25) is 0 Å².